The van der Waals surface area contributed by atoms with Crippen molar-refractivity contribution >= 4 is 6.03 Å². The minimum Gasteiger partial charge on any atom is -0.385 e. The number of methoxy groups -OCH3 is 1. The molecule has 0 fully saturated rings. The first kappa shape index (κ1) is 19.4. The van der Waals surface area contributed by atoms with Gasteiger partial charge < -0.3 is 15.0 Å². The van der Waals surface area contributed by atoms with Crippen molar-refractivity contribution in [2.24, 2.45) is 0 Å². The largest absolute Gasteiger partial charge is 0.385 e. The minimum atomic E-state index is -0.176. The number of ether oxygens (including phenoxy) is 1. The summed E-state index contributed by atoms with van der Waals surface area (Å²) in [6.07, 6.45) is 3.20. The molecule has 0 aromatic heterocycles. The number of halogens is 1. The van der Waals surface area contributed by atoms with E-state index in [0.29, 0.717) is 26.1 Å². The molecule has 1 N–H and O–H groups in total. The van der Waals surface area contributed by atoms with Crippen LogP contribution in [-0.2, 0) is 17.7 Å². The number of unbranched alkanes of at least 4 members (excludes halogenated alkanes) is 1. The monoisotopic (exact) mass is 370 g/mol. The Morgan fingerprint density at radius 3 is 2.78 bits per heavy atom. The molecule has 0 heterocycles. The molecule has 2 aromatic rings. The molecule has 3 rings (SSSR count). The minimum absolute atomic E-state index is 0.0987. The fourth-order valence-electron chi connectivity index (χ4n) is 3.61. The van der Waals surface area contributed by atoms with Gasteiger partial charge in [0.25, 0.3) is 0 Å². The lowest BCUT2D eigenvalue weighted by Gasteiger charge is -2.26. The average molecular weight is 370 g/mol. The van der Waals surface area contributed by atoms with Gasteiger partial charge in [-0.25, -0.2) is 9.18 Å². The van der Waals surface area contributed by atoms with Crippen LogP contribution in [-0.4, -0.2) is 31.2 Å². The lowest BCUT2D eigenvalue weighted by Crippen LogP contribution is -2.41. The Kier molecular flexibility index (Phi) is 6.82. The summed E-state index contributed by atoms with van der Waals surface area (Å²) in [6.45, 7) is 1.91. The van der Waals surface area contributed by atoms with E-state index in [2.05, 4.69) is 5.32 Å². The number of fused-ring (bicyclic) bond motifs is 1. The van der Waals surface area contributed by atoms with E-state index in [1.165, 1.54) is 6.07 Å². The zero-order valence-corrected chi connectivity index (χ0v) is 15.8. The molecule has 0 saturated carbocycles. The van der Waals surface area contributed by atoms with E-state index >= 15 is 0 Å². The second-order valence-electron chi connectivity index (χ2n) is 6.96. The SMILES string of the molecule is COCCCCN(Cc1ccccc1)C(=O)NC1CCc2c(F)cccc21. The van der Waals surface area contributed by atoms with E-state index in [0.717, 1.165) is 36.0 Å². The van der Waals surface area contributed by atoms with Crippen LogP contribution in [0.25, 0.3) is 0 Å². The summed E-state index contributed by atoms with van der Waals surface area (Å²) in [5, 5.41) is 3.11. The van der Waals surface area contributed by atoms with Gasteiger partial charge in [-0.05, 0) is 48.4 Å². The summed E-state index contributed by atoms with van der Waals surface area (Å²) < 4.78 is 19.1. The first-order valence-corrected chi connectivity index (χ1v) is 9.54. The molecule has 2 amide bonds. The number of hydrogen-bond acceptors (Lipinski definition) is 2. The first-order valence-electron chi connectivity index (χ1n) is 9.54. The van der Waals surface area contributed by atoms with Crippen LogP contribution in [0.2, 0.25) is 0 Å². The smallest absolute Gasteiger partial charge is 0.318 e. The van der Waals surface area contributed by atoms with Crippen LogP contribution in [0.3, 0.4) is 0 Å². The number of nitrogens with zero attached hydrogens (tertiary/aromatic N) is 1. The number of amides is 2. The molecule has 1 atom stereocenters. The molecular formula is C22H27FN2O2. The predicted octanol–water partition coefficient (Wildman–Crippen LogP) is 4.45. The van der Waals surface area contributed by atoms with E-state index < -0.39 is 0 Å². The highest BCUT2D eigenvalue weighted by Crippen LogP contribution is 2.32. The van der Waals surface area contributed by atoms with Crippen LogP contribution in [0.5, 0.6) is 0 Å². The highest BCUT2D eigenvalue weighted by molar-refractivity contribution is 5.75. The zero-order valence-electron chi connectivity index (χ0n) is 15.8. The summed E-state index contributed by atoms with van der Waals surface area (Å²) in [7, 11) is 1.69. The van der Waals surface area contributed by atoms with E-state index in [-0.39, 0.29) is 17.9 Å². The Hall–Kier alpha value is -2.40. The summed E-state index contributed by atoms with van der Waals surface area (Å²) in [5.41, 5.74) is 2.73. The molecular weight excluding hydrogens is 343 g/mol. The molecule has 0 radical (unpaired) electrons. The third-order valence-corrected chi connectivity index (χ3v) is 5.04. The van der Waals surface area contributed by atoms with Crippen molar-refractivity contribution in [1.82, 2.24) is 10.2 Å². The van der Waals surface area contributed by atoms with Crippen molar-refractivity contribution < 1.29 is 13.9 Å². The number of nitrogens with one attached hydrogen (secondary N) is 1. The van der Waals surface area contributed by atoms with E-state index in [4.69, 9.17) is 4.74 Å². The van der Waals surface area contributed by atoms with Crippen LogP contribution in [0.1, 0.15) is 42.0 Å². The Morgan fingerprint density at radius 1 is 1.19 bits per heavy atom. The Bertz CT molecular complexity index is 751. The van der Waals surface area contributed by atoms with Gasteiger partial charge in [-0.15, -0.1) is 0 Å². The van der Waals surface area contributed by atoms with Crippen molar-refractivity contribution in [2.75, 3.05) is 20.3 Å². The number of rotatable bonds is 8. The van der Waals surface area contributed by atoms with Gasteiger partial charge >= 0.3 is 6.03 Å². The summed E-state index contributed by atoms with van der Waals surface area (Å²) in [4.78, 5) is 14.8. The Morgan fingerprint density at radius 2 is 2.00 bits per heavy atom. The molecule has 2 aromatic carbocycles. The van der Waals surface area contributed by atoms with Gasteiger partial charge in [-0.3, -0.25) is 0 Å². The van der Waals surface area contributed by atoms with Crippen molar-refractivity contribution in [3.63, 3.8) is 0 Å². The standard InChI is InChI=1S/C22H27FN2O2/c1-27-15-6-5-14-25(16-17-8-3-2-4-9-17)22(26)24-21-13-12-18-19(21)10-7-11-20(18)23/h2-4,7-11,21H,5-6,12-16H2,1H3,(H,24,26). The fourth-order valence-corrected chi connectivity index (χ4v) is 3.61. The van der Waals surface area contributed by atoms with Crippen molar-refractivity contribution in [3.05, 3.63) is 71.0 Å². The van der Waals surface area contributed by atoms with Crippen molar-refractivity contribution in [2.45, 2.75) is 38.3 Å². The third-order valence-electron chi connectivity index (χ3n) is 5.04. The van der Waals surface area contributed by atoms with E-state index in [1.54, 1.807) is 13.2 Å². The Balaban J connectivity index is 1.66. The van der Waals surface area contributed by atoms with Crippen LogP contribution in [0, 0.1) is 5.82 Å². The maximum absolute atomic E-state index is 14.0. The second-order valence-corrected chi connectivity index (χ2v) is 6.96. The van der Waals surface area contributed by atoms with Crippen molar-refractivity contribution in [3.8, 4) is 0 Å². The topological polar surface area (TPSA) is 41.6 Å². The lowest BCUT2D eigenvalue weighted by atomic mass is 10.1. The fraction of sp³-hybridized carbons (Fsp3) is 0.409. The predicted molar refractivity (Wildman–Crippen MR) is 104 cm³/mol. The lowest BCUT2D eigenvalue weighted by molar-refractivity contribution is 0.175. The van der Waals surface area contributed by atoms with Crippen LogP contribution in [0.4, 0.5) is 9.18 Å². The van der Waals surface area contributed by atoms with Gasteiger partial charge in [0.05, 0.1) is 6.04 Å². The second kappa shape index (κ2) is 9.51. The van der Waals surface area contributed by atoms with Gasteiger partial charge in [0, 0.05) is 26.8 Å². The molecule has 144 valence electrons. The third kappa shape index (κ3) is 5.07. The maximum atomic E-state index is 14.0. The molecule has 0 saturated heterocycles. The molecule has 0 aliphatic heterocycles. The quantitative estimate of drug-likeness (QED) is 0.698. The molecule has 1 aliphatic carbocycles. The Labute approximate surface area is 160 Å². The number of hydrogen-bond donors (Lipinski definition) is 1. The number of benzene rings is 2. The van der Waals surface area contributed by atoms with Crippen LogP contribution >= 0.6 is 0 Å². The molecule has 4 nitrogen and oxygen atoms in total. The average Bonchev–Trinajstić information content (AvgIpc) is 3.09. The van der Waals surface area contributed by atoms with Gasteiger partial charge in [-0.2, -0.15) is 0 Å². The van der Waals surface area contributed by atoms with Gasteiger partial charge in [-0.1, -0.05) is 42.5 Å². The summed E-state index contributed by atoms with van der Waals surface area (Å²) in [6, 6.07) is 14.9. The number of carbonyl (C=O) groups excluding carboxylic acids is 1. The summed E-state index contributed by atoms with van der Waals surface area (Å²) >= 11 is 0. The summed E-state index contributed by atoms with van der Waals surface area (Å²) in [5.74, 6) is -0.176. The van der Waals surface area contributed by atoms with Gasteiger partial charge in [0.1, 0.15) is 5.82 Å². The normalized spacial score (nSPS) is 15.4. The molecule has 0 spiro atoms. The molecule has 0 bridgehead atoms. The van der Waals surface area contributed by atoms with Gasteiger partial charge in [0.2, 0.25) is 0 Å². The van der Waals surface area contributed by atoms with E-state index in [1.807, 2.05) is 41.3 Å². The number of urea groups is 1. The van der Waals surface area contributed by atoms with E-state index in [9.17, 15) is 9.18 Å². The molecule has 5 heteroatoms. The molecule has 1 unspecified atom stereocenters. The molecule has 1 aliphatic rings. The van der Waals surface area contributed by atoms with Crippen molar-refractivity contribution in [1.29, 1.82) is 0 Å². The van der Waals surface area contributed by atoms with Gasteiger partial charge in [0.15, 0.2) is 0 Å². The first-order chi connectivity index (χ1) is 13.2. The zero-order chi connectivity index (χ0) is 19.1. The highest BCUT2D eigenvalue weighted by atomic mass is 19.1. The molecule has 27 heavy (non-hydrogen) atoms. The maximum Gasteiger partial charge on any atom is 0.318 e. The highest BCUT2D eigenvalue weighted by Gasteiger charge is 2.27. The number of carbonyl (C=O) groups is 1. The van der Waals surface area contributed by atoms with Crippen LogP contribution < -0.4 is 5.32 Å². The van der Waals surface area contributed by atoms with Crippen LogP contribution in [0.15, 0.2) is 48.5 Å².